The molecule has 156 valence electrons. The van der Waals surface area contributed by atoms with Gasteiger partial charge in [-0.3, -0.25) is 4.79 Å². The Labute approximate surface area is 181 Å². The Kier molecular flexibility index (Phi) is 6.96. The van der Waals surface area contributed by atoms with Crippen molar-refractivity contribution in [3.8, 4) is 10.6 Å². The monoisotopic (exact) mass is 430 g/mol. The van der Waals surface area contributed by atoms with Gasteiger partial charge in [-0.2, -0.15) is 0 Å². The van der Waals surface area contributed by atoms with Gasteiger partial charge in [0.2, 0.25) is 0 Å². The highest BCUT2D eigenvalue weighted by Crippen LogP contribution is 2.41. The lowest BCUT2D eigenvalue weighted by Gasteiger charge is -2.14. The van der Waals surface area contributed by atoms with Gasteiger partial charge < -0.3 is 10.1 Å². The van der Waals surface area contributed by atoms with Gasteiger partial charge in [0.1, 0.15) is 10.8 Å². The standard InChI is InChI=1S/C23H30N2O2S2/c1-15(2)4-3-5-17(26)12-20-22(18-6-9-24-13-21(18)29-20)23-25-19(14-28-23)16-7-10-27-11-8-16/h7,14-15,24H,3-6,8-13H2,1-2H3. The molecule has 0 spiro atoms. The number of thiazole rings is 1. The van der Waals surface area contributed by atoms with Crippen molar-refractivity contribution in [3.63, 3.8) is 0 Å². The van der Waals surface area contributed by atoms with Crippen molar-refractivity contribution >= 4 is 34.0 Å². The largest absolute Gasteiger partial charge is 0.377 e. The first-order valence-electron chi connectivity index (χ1n) is 10.7. The van der Waals surface area contributed by atoms with Crippen LogP contribution in [0, 0.1) is 5.92 Å². The molecule has 4 nitrogen and oxygen atoms in total. The average Bonchev–Trinajstić information content (AvgIpc) is 3.32. The van der Waals surface area contributed by atoms with E-state index in [9.17, 15) is 4.79 Å². The van der Waals surface area contributed by atoms with Gasteiger partial charge in [-0.1, -0.05) is 26.3 Å². The number of hydrogen-bond acceptors (Lipinski definition) is 6. The molecule has 29 heavy (non-hydrogen) atoms. The first kappa shape index (κ1) is 20.9. The quantitative estimate of drug-likeness (QED) is 0.621. The van der Waals surface area contributed by atoms with E-state index in [1.165, 1.54) is 26.5 Å². The molecular weight excluding hydrogens is 400 g/mol. The SMILES string of the molecule is CC(C)CCCC(=O)Cc1sc2c(c1-c1nc(C3=CCOCC3)cs1)CCNC2. The van der Waals surface area contributed by atoms with Gasteiger partial charge in [-0.25, -0.2) is 4.98 Å². The van der Waals surface area contributed by atoms with Gasteiger partial charge in [-0.15, -0.1) is 22.7 Å². The predicted molar refractivity (Wildman–Crippen MR) is 122 cm³/mol. The molecule has 2 aromatic heterocycles. The average molecular weight is 431 g/mol. The highest BCUT2D eigenvalue weighted by Gasteiger charge is 2.25. The smallest absolute Gasteiger partial charge is 0.138 e. The fraction of sp³-hybridized carbons (Fsp3) is 0.565. The molecule has 0 fully saturated rings. The molecular formula is C23H30N2O2S2. The third-order valence-corrected chi connectivity index (χ3v) is 7.70. The van der Waals surface area contributed by atoms with E-state index in [-0.39, 0.29) is 0 Å². The van der Waals surface area contributed by atoms with Crippen molar-refractivity contribution in [1.29, 1.82) is 0 Å². The Morgan fingerprint density at radius 3 is 3.03 bits per heavy atom. The number of nitrogens with one attached hydrogen (secondary N) is 1. The maximum absolute atomic E-state index is 12.7. The number of ketones is 1. The van der Waals surface area contributed by atoms with Crippen LogP contribution in [0.25, 0.3) is 16.1 Å². The summed E-state index contributed by atoms with van der Waals surface area (Å²) in [6.07, 6.45) is 7.46. The first-order chi connectivity index (χ1) is 14.1. The number of aromatic nitrogens is 1. The molecule has 0 atom stereocenters. The van der Waals surface area contributed by atoms with E-state index in [0.29, 0.717) is 31.1 Å². The van der Waals surface area contributed by atoms with Crippen molar-refractivity contribution in [3.05, 3.63) is 32.5 Å². The van der Waals surface area contributed by atoms with Crippen molar-refractivity contribution < 1.29 is 9.53 Å². The van der Waals surface area contributed by atoms with Crippen molar-refractivity contribution in [2.75, 3.05) is 19.8 Å². The van der Waals surface area contributed by atoms with Crippen LogP contribution in [0.3, 0.4) is 0 Å². The maximum Gasteiger partial charge on any atom is 0.138 e. The molecule has 4 heterocycles. The van der Waals surface area contributed by atoms with E-state index < -0.39 is 0 Å². The van der Waals surface area contributed by atoms with Crippen LogP contribution in [0.15, 0.2) is 11.5 Å². The van der Waals surface area contributed by atoms with Crippen LogP contribution in [0.2, 0.25) is 0 Å². The molecule has 0 saturated heterocycles. The predicted octanol–water partition coefficient (Wildman–Crippen LogP) is 5.26. The topological polar surface area (TPSA) is 51.2 Å². The number of Topliss-reactive ketones (excluding diaryl/α,β-unsaturated/α-hetero) is 1. The van der Waals surface area contributed by atoms with Gasteiger partial charge in [0, 0.05) is 40.1 Å². The molecule has 2 aliphatic heterocycles. The zero-order chi connectivity index (χ0) is 20.2. The zero-order valence-electron chi connectivity index (χ0n) is 17.4. The van der Waals surface area contributed by atoms with Crippen LogP contribution in [0.5, 0.6) is 0 Å². The van der Waals surface area contributed by atoms with Crippen LogP contribution < -0.4 is 5.32 Å². The van der Waals surface area contributed by atoms with E-state index in [1.54, 1.807) is 11.3 Å². The van der Waals surface area contributed by atoms with Gasteiger partial charge in [0.05, 0.1) is 18.9 Å². The van der Waals surface area contributed by atoms with Gasteiger partial charge in [0.15, 0.2) is 0 Å². The van der Waals surface area contributed by atoms with E-state index in [4.69, 9.17) is 9.72 Å². The lowest BCUT2D eigenvalue weighted by Crippen LogP contribution is -2.22. The minimum atomic E-state index is 0.363. The molecule has 6 heteroatoms. The van der Waals surface area contributed by atoms with Crippen LogP contribution in [0.4, 0.5) is 0 Å². The molecule has 0 bridgehead atoms. The Bertz CT molecular complexity index is 895. The minimum absolute atomic E-state index is 0.363. The van der Waals surface area contributed by atoms with E-state index in [2.05, 4.69) is 30.6 Å². The van der Waals surface area contributed by atoms with E-state index in [0.717, 1.165) is 56.1 Å². The van der Waals surface area contributed by atoms with Crippen LogP contribution in [-0.2, 0) is 28.9 Å². The van der Waals surface area contributed by atoms with Crippen molar-refractivity contribution in [2.24, 2.45) is 5.92 Å². The lowest BCUT2D eigenvalue weighted by molar-refractivity contribution is -0.118. The number of carbonyl (C=O) groups excluding carboxylic acids is 1. The Balaban J connectivity index is 1.59. The molecule has 0 aliphatic carbocycles. The molecule has 4 rings (SSSR count). The summed E-state index contributed by atoms with van der Waals surface area (Å²) in [6, 6.07) is 0. The number of hydrogen-bond donors (Lipinski definition) is 1. The summed E-state index contributed by atoms with van der Waals surface area (Å²) < 4.78 is 5.44. The summed E-state index contributed by atoms with van der Waals surface area (Å²) in [7, 11) is 0. The van der Waals surface area contributed by atoms with Crippen molar-refractivity contribution in [1.82, 2.24) is 10.3 Å². The number of fused-ring (bicyclic) bond motifs is 1. The second-order valence-electron chi connectivity index (χ2n) is 8.32. The van der Waals surface area contributed by atoms with Crippen LogP contribution in [-0.4, -0.2) is 30.5 Å². The van der Waals surface area contributed by atoms with E-state index >= 15 is 0 Å². The summed E-state index contributed by atoms with van der Waals surface area (Å²) in [5.41, 5.74) is 5.04. The third kappa shape index (κ3) is 5.05. The molecule has 0 aromatic carbocycles. The van der Waals surface area contributed by atoms with Crippen molar-refractivity contribution in [2.45, 2.75) is 58.9 Å². The number of ether oxygens (including phenoxy) is 1. The summed E-state index contributed by atoms with van der Waals surface area (Å²) in [5.74, 6) is 1.02. The highest BCUT2D eigenvalue weighted by atomic mass is 32.1. The second-order valence-corrected chi connectivity index (χ2v) is 10.4. The Morgan fingerprint density at radius 1 is 1.34 bits per heavy atom. The molecule has 0 amide bonds. The van der Waals surface area contributed by atoms with E-state index in [1.807, 2.05) is 11.3 Å². The zero-order valence-corrected chi connectivity index (χ0v) is 19.0. The first-order valence-corrected chi connectivity index (χ1v) is 12.4. The van der Waals surface area contributed by atoms with Crippen LogP contribution >= 0.6 is 22.7 Å². The number of nitrogens with zero attached hydrogens (tertiary/aromatic N) is 1. The second kappa shape index (κ2) is 9.65. The summed E-state index contributed by atoms with van der Waals surface area (Å²) in [5, 5.41) is 6.73. The van der Waals surface area contributed by atoms with Gasteiger partial charge in [0.25, 0.3) is 0 Å². The summed E-state index contributed by atoms with van der Waals surface area (Å²) >= 11 is 3.54. The highest BCUT2D eigenvalue weighted by molar-refractivity contribution is 7.15. The molecule has 0 radical (unpaired) electrons. The van der Waals surface area contributed by atoms with Gasteiger partial charge in [-0.05, 0) is 42.9 Å². The molecule has 0 saturated carbocycles. The number of thiophene rings is 1. The lowest BCUT2D eigenvalue weighted by atomic mass is 9.99. The molecule has 2 aliphatic rings. The fourth-order valence-corrected chi connectivity index (χ4v) is 6.40. The maximum atomic E-state index is 12.7. The Morgan fingerprint density at radius 2 is 2.24 bits per heavy atom. The minimum Gasteiger partial charge on any atom is -0.377 e. The Hall–Kier alpha value is -1.34. The summed E-state index contributed by atoms with van der Waals surface area (Å²) in [4.78, 5) is 20.3. The normalized spacial score (nSPS) is 16.7. The number of carbonyl (C=O) groups is 1. The third-order valence-electron chi connectivity index (χ3n) is 5.61. The molecule has 1 N–H and O–H groups in total. The molecule has 0 unspecified atom stereocenters. The van der Waals surface area contributed by atoms with Crippen LogP contribution in [0.1, 0.15) is 60.5 Å². The fourth-order valence-electron chi connectivity index (χ4n) is 4.04. The number of rotatable bonds is 8. The molecule has 2 aromatic rings. The summed E-state index contributed by atoms with van der Waals surface area (Å²) in [6.45, 7) is 7.80. The van der Waals surface area contributed by atoms with Gasteiger partial charge >= 0.3 is 0 Å².